The third-order valence-electron chi connectivity index (χ3n) is 3.42. The Labute approximate surface area is 111 Å². The second-order valence-corrected chi connectivity index (χ2v) is 4.67. The maximum atomic E-state index is 11.2. The second kappa shape index (κ2) is 5.45. The van der Waals surface area contributed by atoms with E-state index >= 15 is 0 Å². The van der Waals surface area contributed by atoms with Gasteiger partial charge in [-0.2, -0.15) is 0 Å². The van der Waals surface area contributed by atoms with Crippen molar-refractivity contribution < 1.29 is 14.3 Å². The molecular weight excluding hydrogens is 244 g/mol. The zero-order valence-electron chi connectivity index (χ0n) is 11.2. The van der Waals surface area contributed by atoms with E-state index in [1.165, 1.54) is 6.07 Å². The lowest BCUT2D eigenvalue weighted by Gasteiger charge is -2.25. The molecule has 102 valence electrons. The first-order valence-corrected chi connectivity index (χ1v) is 6.45. The SMILES string of the molecule is CCC(O)(CC)COc1ccc2ccc(=O)oc2c1. The van der Waals surface area contributed by atoms with Crippen LogP contribution < -0.4 is 10.4 Å². The standard InChI is InChI=1S/C15H18O4/c1-3-15(17,4-2)10-18-12-7-5-11-6-8-14(16)19-13(11)9-12/h5-9,17H,3-4,10H2,1-2H3. The molecule has 4 nitrogen and oxygen atoms in total. The molecule has 0 aliphatic rings. The average molecular weight is 262 g/mol. The van der Waals surface area contributed by atoms with Gasteiger partial charge in [0.15, 0.2) is 0 Å². The summed E-state index contributed by atoms with van der Waals surface area (Å²) < 4.78 is 10.7. The number of hydrogen-bond donors (Lipinski definition) is 1. The first-order valence-electron chi connectivity index (χ1n) is 6.45. The molecule has 0 aliphatic carbocycles. The van der Waals surface area contributed by atoms with E-state index in [9.17, 15) is 9.90 Å². The van der Waals surface area contributed by atoms with Gasteiger partial charge in [-0.1, -0.05) is 13.8 Å². The molecule has 1 aromatic carbocycles. The zero-order valence-corrected chi connectivity index (χ0v) is 11.2. The van der Waals surface area contributed by atoms with Crippen molar-refractivity contribution >= 4 is 11.0 Å². The molecule has 0 radical (unpaired) electrons. The first kappa shape index (κ1) is 13.6. The highest BCUT2D eigenvalue weighted by molar-refractivity contribution is 5.77. The van der Waals surface area contributed by atoms with Gasteiger partial charge in [0, 0.05) is 17.5 Å². The summed E-state index contributed by atoms with van der Waals surface area (Å²) in [6.07, 6.45) is 1.26. The van der Waals surface area contributed by atoms with Crippen LogP contribution in [0.5, 0.6) is 5.75 Å². The Kier molecular flexibility index (Phi) is 3.90. The van der Waals surface area contributed by atoms with Gasteiger partial charge in [-0.25, -0.2) is 4.79 Å². The molecule has 2 aromatic rings. The number of hydrogen-bond acceptors (Lipinski definition) is 4. The highest BCUT2D eigenvalue weighted by Crippen LogP contribution is 2.22. The molecule has 0 spiro atoms. The Morgan fingerprint density at radius 2 is 1.89 bits per heavy atom. The Bertz CT molecular complexity index is 611. The van der Waals surface area contributed by atoms with E-state index in [2.05, 4.69) is 0 Å². The average Bonchev–Trinajstić information content (AvgIpc) is 2.44. The summed E-state index contributed by atoms with van der Waals surface area (Å²) in [5, 5.41) is 11.0. The van der Waals surface area contributed by atoms with Gasteiger partial charge in [0.05, 0.1) is 5.60 Å². The molecule has 19 heavy (non-hydrogen) atoms. The summed E-state index contributed by atoms with van der Waals surface area (Å²) in [7, 11) is 0. The third kappa shape index (κ3) is 3.15. The number of benzene rings is 1. The summed E-state index contributed by atoms with van der Waals surface area (Å²) in [5.41, 5.74) is -0.711. The van der Waals surface area contributed by atoms with Crippen molar-refractivity contribution in [3.8, 4) is 5.75 Å². The molecule has 0 saturated carbocycles. The van der Waals surface area contributed by atoms with Crippen molar-refractivity contribution in [3.63, 3.8) is 0 Å². The van der Waals surface area contributed by atoms with Gasteiger partial charge in [0.1, 0.15) is 17.9 Å². The fourth-order valence-electron chi connectivity index (χ4n) is 1.80. The number of fused-ring (bicyclic) bond motifs is 1. The van der Waals surface area contributed by atoms with Gasteiger partial charge in [-0.3, -0.25) is 0 Å². The molecule has 2 rings (SSSR count). The maximum Gasteiger partial charge on any atom is 0.336 e. The van der Waals surface area contributed by atoms with E-state index < -0.39 is 5.60 Å². The lowest BCUT2D eigenvalue weighted by Crippen LogP contribution is -2.34. The Morgan fingerprint density at radius 3 is 2.58 bits per heavy atom. The molecule has 0 atom stereocenters. The Hall–Kier alpha value is -1.81. The minimum Gasteiger partial charge on any atom is -0.490 e. The molecule has 0 amide bonds. The van der Waals surface area contributed by atoms with Crippen LogP contribution in [0, 0.1) is 0 Å². The van der Waals surface area contributed by atoms with Crippen LogP contribution in [0.3, 0.4) is 0 Å². The van der Waals surface area contributed by atoms with Crippen molar-refractivity contribution in [2.75, 3.05) is 6.61 Å². The smallest absolute Gasteiger partial charge is 0.336 e. The Balaban J connectivity index is 2.20. The molecule has 0 bridgehead atoms. The molecule has 0 aliphatic heterocycles. The van der Waals surface area contributed by atoms with Crippen molar-refractivity contribution in [3.05, 3.63) is 40.8 Å². The topological polar surface area (TPSA) is 59.7 Å². The van der Waals surface area contributed by atoms with Gasteiger partial charge in [-0.05, 0) is 31.0 Å². The summed E-state index contributed by atoms with van der Waals surface area (Å²) in [5.74, 6) is 0.585. The Morgan fingerprint density at radius 1 is 1.21 bits per heavy atom. The van der Waals surface area contributed by atoms with Gasteiger partial charge < -0.3 is 14.3 Å². The van der Waals surface area contributed by atoms with E-state index in [4.69, 9.17) is 9.15 Å². The number of aliphatic hydroxyl groups is 1. The molecular formula is C15H18O4. The highest BCUT2D eigenvalue weighted by Gasteiger charge is 2.23. The van der Waals surface area contributed by atoms with Crippen LogP contribution in [0.1, 0.15) is 26.7 Å². The van der Waals surface area contributed by atoms with Gasteiger partial charge in [0.25, 0.3) is 0 Å². The molecule has 4 heteroatoms. The maximum absolute atomic E-state index is 11.2. The van der Waals surface area contributed by atoms with E-state index in [-0.39, 0.29) is 12.2 Å². The van der Waals surface area contributed by atoms with Crippen molar-refractivity contribution in [2.45, 2.75) is 32.3 Å². The molecule has 0 unspecified atom stereocenters. The monoisotopic (exact) mass is 262 g/mol. The molecule has 0 fully saturated rings. The summed E-state index contributed by atoms with van der Waals surface area (Å²) in [6, 6.07) is 8.39. The van der Waals surface area contributed by atoms with Crippen LogP contribution in [0.25, 0.3) is 11.0 Å². The number of ether oxygens (including phenoxy) is 1. The van der Waals surface area contributed by atoms with Gasteiger partial charge >= 0.3 is 5.63 Å². The van der Waals surface area contributed by atoms with Gasteiger partial charge in [0.2, 0.25) is 0 Å². The predicted molar refractivity (Wildman–Crippen MR) is 73.5 cm³/mol. The highest BCUT2D eigenvalue weighted by atomic mass is 16.5. The minimum atomic E-state index is -0.813. The first-order chi connectivity index (χ1) is 9.06. The molecule has 1 heterocycles. The van der Waals surface area contributed by atoms with Crippen LogP contribution in [0.4, 0.5) is 0 Å². The quantitative estimate of drug-likeness (QED) is 0.842. The molecule has 1 N–H and O–H groups in total. The fourth-order valence-corrected chi connectivity index (χ4v) is 1.80. The summed E-state index contributed by atoms with van der Waals surface area (Å²) in [6.45, 7) is 4.07. The predicted octanol–water partition coefficient (Wildman–Crippen LogP) is 2.72. The third-order valence-corrected chi connectivity index (χ3v) is 3.42. The van der Waals surface area contributed by atoms with Crippen LogP contribution >= 0.6 is 0 Å². The zero-order chi connectivity index (χ0) is 13.9. The lowest BCUT2D eigenvalue weighted by molar-refractivity contribution is -0.0113. The largest absolute Gasteiger partial charge is 0.490 e. The minimum absolute atomic E-state index is 0.225. The lowest BCUT2D eigenvalue weighted by atomic mass is 9.99. The molecule has 0 saturated heterocycles. The van der Waals surface area contributed by atoms with Crippen molar-refractivity contribution in [1.82, 2.24) is 0 Å². The van der Waals surface area contributed by atoms with Crippen LogP contribution in [0.15, 0.2) is 39.5 Å². The summed E-state index contributed by atoms with van der Waals surface area (Å²) >= 11 is 0. The van der Waals surface area contributed by atoms with Gasteiger partial charge in [-0.15, -0.1) is 0 Å². The summed E-state index contributed by atoms with van der Waals surface area (Å²) in [4.78, 5) is 11.2. The van der Waals surface area contributed by atoms with Crippen LogP contribution in [0.2, 0.25) is 0 Å². The van der Waals surface area contributed by atoms with Crippen LogP contribution in [-0.2, 0) is 0 Å². The van der Waals surface area contributed by atoms with Crippen molar-refractivity contribution in [2.24, 2.45) is 0 Å². The number of rotatable bonds is 5. The van der Waals surface area contributed by atoms with E-state index in [0.29, 0.717) is 24.2 Å². The van der Waals surface area contributed by atoms with Crippen LogP contribution in [-0.4, -0.2) is 17.3 Å². The normalized spacial score (nSPS) is 11.7. The van der Waals surface area contributed by atoms with E-state index in [0.717, 1.165) is 5.39 Å². The fraction of sp³-hybridized carbons (Fsp3) is 0.400. The van der Waals surface area contributed by atoms with E-state index in [1.54, 1.807) is 18.2 Å². The van der Waals surface area contributed by atoms with Crippen molar-refractivity contribution in [1.29, 1.82) is 0 Å². The van der Waals surface area contributed by atoms with E-state index in [1.807, 2.05) is 19.9 Å². The second-order valence-electron chi connectivity index (χ2n) is 4.67. The molecule has 1 aromatic heterocycles.